The summed E-state index contributed by atoms with van der Waals surface area (Å²) in [6, 6.07) is 4.45. The number of benzene rings is 2. The second-order valence-electron chi connectivity index (χ2n) is 6.80. The molecule has 1 amide bonds. The summed E-state index contributed by atoms with van der Waals surface area (Å²) in [5, 5.41) is 19.4. The summed E-state index contributed by atoms with van der Waals surface area (Å²) in [6.07, 6.45) is -5.30. The summed E-state index contributed by atoms with van der Waals surface area (Å²) >= 11 is 5.86. The van der Waals surface area contributed by atoms with Gasteiger partial charge in [0.05, 0.1) is 32.9 Å². The molecule has 0 aliphatic carbocycles. The highest BCUT2D eigenvalue weighted by Crippen LogP contribution is 2.34. The lowest BCUT2D eigenvalue weighted by Crippen LogP contribution is -2.52. The topological polar surface area (TPSA) is 138 Å². The molecule has 0 aliphatic rings. The lowest BCUT2D eigenvalue weighted by molar-refractivity contribution is -0.242. The first-order valence-electron chi connectivity index (χ1n) is 8.73. The van der Waals surface area contributed by atoms with Gasteiger partial charge in [-0.15, -0.1) is 0 Å². The van der Waals surface area contributed by atoms with Gasteiger partial charge in [0.1, 0.15) is 10.7 Å². The number of aliphatic hydroxyl groups excluding tert-OH is 1. The van der Waals surface area contributed by atoms with Crippen LogP contribution in [0.2, 0.25) is 5.02 Å². The zero-order valence-electron chi connectivity index (χ0n) is 16.5. The van der Waals surface area contributed by atoms with Crippen LogP contribution in [0.4, 0.5) is 23.2 Å². The van der Waals surface area contributed by atoms with E-state index in [1.165, 1.54) is 0 Å². The third-order valence-corrected chi connectivity index (χ3v) is 8.18. The first kappa shape index (κ1) is 27.0. The predicted molar refractivity (Wildman–Crippen MR) is 108 cm³/mol. The molecule has 0 fully saturated rings. The Morgan fingerprint density at radius 1 is 1.06 bits per heavy atom. The minimum atomic E-state index is -5.30. The zero-order valence-corrected chi connectivity index (χ0v) is 18.9. The van der Waals surface area contributed by atoms with Gasteiger partial charge in [-0.2, -0.15) is 13.2 Å². The molecule has 2 aromatic rings. The molecule has 33 heavy (non-hydrogen) atoms. The number of hydrogen-bond donors (Lipinski definition) is 3. The first-order valence-corrected chi connectivity index (χ1v) is 12.2. The minimum Gasteiger partial charge on any atom is -0.395 e. The smallest absolute Gasteiger partial charge is 0.395 e. The Morgan fingerprint density at radius 2 is 1.61 bits per heavy atom. The first-order chi connectivity index (χ1) is 14.9. The number of halogens is 5. The number of amides is 1. The van der Waals surface area contributed by atoms with Crippen LogP contribution >= 0.6 is 11.6 Å². The Balaban J connectivity index is 2.39. The van der Waals surface area contributed by atoms with Crippen molar-refractivity contribution in [3.05, 3.63) is 47.2 Å². The molecule has 0 saturated carbocycles. The number of nitrogens with one attached hydrogen (secondary N) is 1. The SMILES string of the molecule is C[C@@](O)(C(=O)Nc1ccc(S(=O)(=O)c2ccc(S(=O)(=O)CCO)c(F)c2)cc1Cl)C(F)(F)F. The number of sulfone groups is 2. The summed E-state index contributed by atoms with van der Waals surface area (Å²) in [5.74, 6) is -4.02. The van der Waals surface area contributed by atoms with Gasteiger partial charge in [0.25, 0.3) is 5.91 Å². The molecule has 0 saturated heterocycles. The van der Waals surface area contributed by atoms with Crippen molar-refractivity contribution in [2.75, 3.05) is 17.7 Å². The maximum atomic E-state index is 14.3. The molecular weight excluding hydrogens is 518 g/mol. The number of anilines is 1. The maximum Gasteiger partial charge on any atom is 0.426 e. The Labute approximate surface area is 190 Å². The van der Waals surface area contributed by atoms with Gasteiger partial charge >= 0.3 is 6.18 Å². The van der Waals surface area contributed by atoms with Crippen molar-refractivity contribution in [2.45, 2.75) is 33.4 Å². The highest BCUT2D eigenvalue weighted by atomic mass is 35.5. The summed E-state index contributed by atoms with van der Waals surface area (Å²) in [5.41, 5.74) is -4.20. The molecule has 8 nitrogen and oxygen atoms in total. The van der Waals surface area contributed by atoms with Crippen molar-refractivity contribution in [1.82, 2.24) is 0 Å². The van der Waals surface area contributed by atoms with E-state index in [2.05, 4.69) is 0 Å². The molecule has 2 rings (SSSR count). The van der Waals surface area contributed by atoms with Gasteiger partial charge in [0, 0.05) is 0 Å². The monoisotopic (exact) mass is 533 g/mol. The van der Waals surface area contributed by atoms with Crippen LogP contribution in [0, 0.1) is 5.82 Å². The number of carbonyl (C=O) groups is 1. The van der Waals surface area contributed by atoms with E-state index in [9.17, 15) is 44.3 Å². The van der Waals surface area contributed by atoms with Crippen LogP contribution in [0.3, 0.4) is 0 Å². The van der Waals surface area contributed by atoms with Crippen LogP contribution < -0.4 is 5.32 Å². The lowest BCUT2D eigenvalue weighted by Gasteiger charge is -2.25. The third-order valence-electron chi connectivity index (χ3n) is 4.40. The Kier molecular flexibility index (Phi) is 7.50. The van der Waals surface area contributed by atoms with Crippen molar-refractivity contribution in [3.63, 3.8) is 0 Å². The van der Waals surface area contributed by atoms with Crippen LogP contribution in [-0.4, -0.2) is 57.1 Å². The fourth-order valence-corrected chi connectivity index (χ4v) is 5.09. The fraction of sp³-hybridized carbons (Fsp3) is 0.278. The van der Waals surface area contributed by atoms with Crippen molar-refractivity contribution in [1.29, 1.82) is 0 Å². The molecule has 0 radical (unpaired) electrons. The van der Waals surface area contributed by atoms with Gasteiger partial charge in [0.2, 0.25) is 15.4 Å². The Bertz CT molecular complexity index is 1290. The molecule has 0 spiro atoms. The largest absolute Gasteiger partial charge is 0.426 e. The second kappa shape index (κ2) is 9.18. The number of hydrogen-bond acceptors (Lipinski definition) is 7. The van der Waals surface area contributed by atoms with E-state index < -0.39 is 80.9 Å². The third kappa shape index (κ3) is 5.46. The number of rotatable bonds is 7. The van der Waals surface area contributed by atoms with Crippen LogP contribution in [0.5, 0.6) is 0 Å². The van der Waals surface area contributed by atoms with Crippen molar-refractivity contribution < 1.29 is 49.4 Å². The van der Waals surface area contributed by atoms with Gasteiger partial charge in [-0.3, -0.25) is 4.79 Å². The van der Waals surface area contributed by atoms with E-state index in [0.29, 0.717) is 12.1 Å². The van der Waals surface area contributed by atoms with Crippen molar-refractivity contribution in [2.24, 2.45) is 0 Å². The molecule has 1 atom stereocenters. The molecule has 0 bridgehead atoms. The van der Waals surface area contributed by atoms with Gasteiger partial charge in [-0.1, -0.05) is 11.6 Å². The van der Waals surface area contributed by atoms with Crippen LogP contribution in [0.1, 0.15) is 6.92 Å². The van der Waals surface area contributed by atoms with E-state index in [1.807, 2.05) is 0 Å². The van der Waals surface area contributed by atoms with E-state index in [4.69, 9.17) is 16.7 Å². The molecule has 3 N–H and O–H groups in total. The van der Waals surface area contributed by atoms with E-state index >= 15 is 0 Å². The summed E-state index contributed by atoms with van der Waals surface area (Å²) in [4.78, 5) is 9.75. The van der Waals surface area contributed by atoms with Gasteiger partial charge in [-0.05, 0) is 43.3 Å². The molecule has 0 aromatic heterocycles. The lowest BCUT2D eigenvalue weighted by atomic mass is 10.1. The molecule has 15 heteroatoms. The molecule has 0 heterocycles. The summed E-state index contributed by atoms with van der Waals surface area (Å²) in [7, 11) is -8.66. The Morgan fingerprint density at radius 3 is 2.09 bits per heavy atom. The number of aliphatic hydroxyl groups is 2. The molecule has 2 aromatic carbocycles. The summed E-state index contributed by atoms with van der Waals surface area (Å²) < 4.78 is 102. The normalized spacial score (nSPS) is 14.5. The predicted octanol–water partition coefficient (Wildman–Crippen LogP) is 2.33. The molecule has 0 aliphatic heterocycles. The minimum absolute atomic E-state index is 0.216. The van der Waals surface area contributed by atoms with Crippen molar-refractivity contribution in [3.8, 4) is 0 Å². The molecular formula is C18H16ClF4NO7S2. The van der Waals surface area contributed by atoms with E-state index in [1.54, 1.807) is 5.32 Å². The van der Waals surface area contributed by atoms with Crippen LogP contribution in [0.25, 0.3) is 0 Å². The van der Waals surface area contributed by atoms with Gasteiger partial charge < -0.3 is 15.5 Å². The highest BCUT2D eigenvalue weighted by Gasteiger charge is 2.55. The van der Waals surface area contributed by atoms with Crippen molar-refractivity contribution >= 4 is 42.9 Å². The maximum absolute atomic E-state index is 14.3. The zero-order chi connectivity index (χ0) is 25.4. The average Bonchev–Trinajstić information content (AvgIpc) is 2.68. The second-order valence-corrected chi connectivity index (χ2v) is 11.2. The van der Waals surface area contributed by atoms with E-state index in [0.717, 1.165) is 24.3 Å². The standard InChI is InChI=1S/C18H16ClF4NO7S2/c1-17(27,18(21,22)23)16(26)24-14-4-2-10(8-12(14)19)33(30,31)11-3-5-15(13(20)9-11)32(28,29)7-6-25/h2-5,8-9,25,27H,6-7H2,1H3,(H,24,26)/t17-/m1/s1. The Hall–Kier alpha value is -2.26. The van der Waals surface area contributed by atoms with E-state index in [-0.39, 0.29) is 6.92 Å². The summed E-state index contributed by atoms with van der Waals surface area (Å²) in [6.45, 7) is -0.560. The fourth-order valence-electron chi connectivity index (χ4n) is 2.40. The molecule has 0 unspecified atom stereocenters. The number of alkyl halides is 3. The quantitative estimate of drug-likeness (QED) is 0.464. The average molecular weight is 534 g/mol. The molecule has 182 valence electrons. The number of carbonyl (C=O) groups excluding carboxylic acids is 1. The van der Waals surface area contributed by atoms with Gasteiger partial charge in [-0.25, -0.2) is 21.2 Å². The van der Waals surface area contributed by atoms with Gasteiger partial charge in [0.15, 0.2) is 9.84 Å². The van der Waals surface area contributed by atoms with Crippen LogP contribution in [0.15, 0.2) is 51.1 Å². The van der Waals surface area contributed by atoms with Crippen LogP contribution in [-0.2, 0) is 24.5 Å². The highest BCUT2D eigenvalue weighted by molar-refractivity contribution is 7.92.